The van der Waals surface area contributed by atoms with Crippen LogP contribution in [0.4, 0.5) is 5.69 Å². The van der Waals surface area contributed by atoms with Crippen molar-refractivity contribution in [1.29, 1.82) is 0 Å². The molecule has 0 aliphatic carbocycles. The lowest BCUT2D eigenvalue weighted by atomic mass is 10.1. The van der Waals surface area contributed by atoms with Crippen molar-refractivity contribution in [2.24, 2.45) is 0 Å². The summed E-state index contributed by atoms with van der Waals surface area (Å²) in [7, 11) is 0. The first kappa shape index (κ1) is 21.6. The average molecular weight is 550 g/mol. The maximum Gasteiger partial charge on any atom is 0.291 e. The van der Waals surface area contributed by atoms with Crippen LogP contribution in [0.1, 0.15) is 25.3 Å². The van der Waals surface area contributed by atoms with E-state index in [2.05, 4.69) is 32.9 Å². The number of aromatic nitrogens is 3. The van der Waals surface area contributed by atoms with Crippen LogP contribution in [0.5, 0.6) is 0 Å². The molecule has 2 aromatic heterocycles. The predicted molar refractivity (Wildman–Crippen MR) is 132 cm³/mol. The summed E-state index contributed by atoms with van der Waals surface area (Å²) in [6.45, 7) is 2.68. The standard InChI is InChI=1S/C22H15BrCl2N4O2S/c1-2-3-8-28-16-7-4-11(23)9-14(16)17(20(28)30)18-21(31)29-22(32-18)26-19(27-29)13-6-5-12(24)10-15(13)25/h4-7,9-10H,2-3,8H2,1H3. The van der Waals surface area contributed by atoms with Gasteiger partial charge in [0, 0.05) is 27.2 Å². The second-order valence-corrected chi connectivity index (χ2v) is 10.1. The first-order chi connectivity index (χ1) is 15.4. The summed E-state index contributed by atoms with van der Waals surface area (Å²) in [6.07, 6.45) is 1.84. The van der Waals surface area contributed by atoms with Gasteiger partial charge in [0.25, 0.3) is 11.5 Å². The number of hydrogen-bond donors (Lipinski definition) is 0. The minimum Gasteiger partial charge on any atom is -0.308 e. The molecule has 4 aromatic rings. The second kappa shape index (κ2) is 8.26. The third-order valence-electron chi connectivity index (χ3n) is 5.27. The van der Waals surface area contributed by atoms with Gasteiger partial charge in [-0.3, -0.25) is 9.59 Å². The predicted octanol–water partition coefficient (Wildman–Crippen LogP) is 4.95. The van der Waals surface area contributed by atoms with Gasteiger partial charge in [0.1, 0.15) is 4.53 Å². The quantitative estimate of drug-likeness (QED) is 0.361. The molecule has 0 N–H and O–H groups in total. The van der Waals surface area contributed by atoms with Gasteiger partial charge in [-0.15, -0.1) is 5.10 Å². The minimum atomic E-state index is -0.375. The normalized spacial score (nSPS) is 15.1. The molecule has 6 nitrogen and oxygen atoms in total. The summed E-state index contributed by atoms with van der Waals surface area (Å²) in [6, 6.07) is 10.7. The number of thiazole rings is 1. The average Bonchev–Trinajstić information content (AvgIpc) is 3.37. The van der Waals surface area contributed by atoms with Gasteiger partial charge in [-0.1, -0.05) is 63.8 Å². The van der Waals surface area contributed by atoms with Crippen LogP contribution in [0.2, 0.25) is 10.0 Å². The number of amides is 1. The molecular formula is C22H15BrCl2N4O2S. The van der Waals surface area contributed by atoms with Crippen LogP contribution >= 0.6 is 50.5 Å². The number of unbranched alkanes of at least 4 members (excludes halogenated alkanes) is 1. The number of nitrogens with zero attached hydrogens (tertiary/aromatic N) is 4. The van der Waals surface area contributed by atoms with E-state index in [4.69, 9.17) is 23.2 Å². The zero-order chi connectivity index (χ0) is 22.6. The Morgan fingerprint density at radius 3 is 2.62 bits per heavy atom. The van der Waals surface area contributed by atoms with Gasteiger partial charge in [-0.25, -0.2) is 0 Å². The zero-order valence-electron chi connectivity index (χ0n) is 16.7. The van der Waals surface area contributed by atoms with Crippen molar-refractivity contribution >= 4 is 72.6 Å². The van der Waals surface area contributed by atoms with Gasteiger partial charge in [0.05, 0.1) is 16.3 Å². The van der Waals surface area contributed by atoms with Crippen LogP contribution in [-0.2, 0) is 4.79 Å². The van der Waals surface area contributed by atoms with Crippen molar-refractivity contribution in [1.82, 2.24) is 14.6 Å². The monoisotopic (exact) mass is 548 g/mol. The fourth-order valence-corrected chi connectivity index (χ4v) is 5.58. The number of carbonyl (C=O) groups excluding carboxylic acids is 1. The maximum atomic E-state index is 13.4. The molecule has 5 rings (SSSR count). The largest absolute Gasteiger partial charge is 0.308 e. The first-order valence-electron chi connectivity index (χ1n) is 9.90. The van der Waals surface area contributed by atoms with Crippen LogP contribution in [0.15, 0.2) is 45.7 Å². The van der Waals surface area contributed by atoms with Crippen LogP contribution in [0, 0.1) is 0 Å². The minimum absolute atomic E-state index is 0.172. The molecule has 162 valence electrons. The number of benzene rings is 2. The van der Waals surface area contributed by atoms with Crippen LogP contribution in [0.3, 0.4) is 0 Å². The molecule has 0 atom stereocenters. The Balaban J connectivity index is 1.70. The molecule has 0 saturated heterocycles. The highest BCUT2D eigenvalue weighted by Crippen LogP contribution is 2.37. The van der Waals surface area contributed by atoms with Crippen LogP contribution in [-0.4, -0.2) is 27.0 Å². The third-order valence-corrected chi connectivity index (χ3v) is 7.34. The number of halogens is 3. The van der Waals surface area contributed by atoms with E-state index >= 15 is 0 Å². The molecule has 0 unspecified atom stereocenters. The Bertz CT molecular complexity index is 1510. The first-order valence-corrected chi connectivity index (χ1v) is 12.3. The molecule has 0 radical (unpaired) electrons. The Morgan fingerprint density at radius 1 is 1.09 bits per heavy atom. The van der Waals surface area contributed by atoms with E-state index < -0.39 is 0 Å². The summed E-state index contributed by atoms with van der Waals surface area (Å²) in [5, 5.41) is 5.26. The van der Waals surface area contributed by atoms with Crippen LogP contribution < -0.4 is 15.0 Å². The maximum absolute atomic E-state index is 13.4. The Kier molecular flexibility index (Phi) is 5.57. The van der Waals surface area contributed by atoms with Gasteiger partial charge >= 0.3 is 0 Å². The van der Waals surface area contributed by atoms with E-state index in [1.54, 1.807) is 23.1 Å². The smallest absolute Gasteiger partial charge is 0.291 e. The van der Waals surface area contributed by atoms with Gasteiger partial charge < -0.3 is 4.90 Å². The van der Waals surface area contributed by atoms with Gasteiger partial charge in [0.2, 0.25) is 4.96 Å². The lowest BCUT2D eigenvalue weighted by Gasteiger charge is -2.16. The molecular weight excluding hydrogens is 535 g/mol. The molecule has 0 spiro atoms. The van der Waals surface area contributed by atoms with Crippen molar-refractivity contribution in [2.45, 2.75) is 19.8 Å². The molecule has 2 aromatic carbocycles. The highest BCUT2D eigenvalue weighted by atomic mass is 79.9. The molecule has 1 aliphatic heterocycles. The third kappa shape index (κ3) is 3.46. The Morgan fingerprint density at radius 2 is 1.91 bits per heavy atom. The summed E-state index contributed by atoms with van der Waals surface area (Å²) in [5.41, 5.74) is 2.15. The Hall–Kier alpha value is -2.26. The summed E-state index contributed by atoms with van der Waals surface area (Å²) in [4.78, 5) is 33.3. The zero-order valence-corrected chi connectivity index (χ0v) is 20.6. The van der Waals surface area contributed by atoms with E-state index in [0.29, 0.717) is 43.0 Å². The number of rotatable bonds is 4. The SMILES string of the molecule is CCCCN1C(=O)C(=c2sc3nc(-c4ccc(Cl)cc4Cl)nn3c2=O)c2cc(Br)ccc21. The number of anilines is 1. The topological polar surface area (TPSA) is 67.6 Å². The number of fused-ring (bicyclic) bond motifs is 2. The molecule has 3 heterocycles. The van der Waals surface area contributed by atoms with E-state index in [1.165, 1.54) is 4.52 Å². The van der Waals surface area contributed by atoms with Crippen molar-refractivity contribution in [3.05, 3.63) is 71.4 Å². The molecule has 32 heavy (non-hydrogen) atoms. The molecule has 1 amide bonds. The molecule has 0 fully saturated rings. The highest BCUT2D eigenvalue weighted by Gasteiger charge is 2.34. The second-order valence-electron chi connectivity index (χ2n) is 7.34. The van der Waals surface area contributed by atoms with Crippen molar-refractivity contribution < 1.29 is 4.79 Å². The fourth-order valence-electron chi connectivity index (χ4n) is 3.73. The number of hydrogen-bond acceptors (Lipinski definition) is 5. The lowest BCUT2D eigenvalue weighted by Crippen LogP contribution is -2.33. The summed E-state index contributed by atoms with van der Waals surface area (Å²) >= 11 is 16.9. The molecule has 0 bridgehead atoms. The van der Waals surface area contributed by atoms with Crippen molar-refractivity contribution in [3.8, 4) is 11.4 Å². The van der Waals surface area contributed by atoms with Crippen molar-refractivity contribution in [2.75, 3.05) is 11.4 Å². The Labute approximate surface area is 205 Å². The van der Waals surface area contributed by atoms with E-state index in [9.17, 15) is 9.59 Å². The lowest BCUT2D eigenvalue weighted by molar-refractivity contribution is -0.113. The van der Waals surface area contributed by atoms with E-state index in [1.807, 2.05) is 18.2 Å². The molecule has 0 saturated carbocycles. The summed E-state index contributed by atoms with van der Waals surface area (Å²) in [5.74, 6) is 0.158. The summed E-state index contributed by atoms with van der Waals surface area (Å²) < 4.78 is 2.40. The van der Waals surface area contributed by atoms with Crippen molar-refractivity contribution in [3.63, 3.8) is 0 Å². The van der Waals surface area contributed by atoms with Gasteiger partial charge in [0.15, 0.2) is 5.82 Å². The van der Waals surface area contributed by atoms with E-state index in [0.717, 1.165) is 39.9 Å². The fraction of sp³-hybridized carbons (Fsp3) is 0.182. The number of carbonyl (C=O) groups is 1. The van der Waals surface area contributed by atoms with Gasteiger partial charge in [-0.05, 0) is 42.8 Å². The molecule has 10 heteroatoms. The highest BCUT2D eigenvalue weighted by molar-refractivity contribution is 9.10. The van der Waals surface area contributed by atoms with E-state index in [-0.39, 0.29) is 11.5 Å². The van der Waals surface area contributed by atoms with Gasteiger partial charge in [-0.2, -0.15) is 9.50 Å². The molecule has 1 aliphatic rings. The van der Waals surface area contributed by atoms with Crippen LogP contribution in [0.25, 0.3) is 21.9 Å².